The molecule has 1 amide bonds. The van der Waals surface area contributed by atoms with Crippen molar-refractivity contribution >= 4 is 11.9 Å². The van der Waals surface area contributed by atoms with Crippen LogP contribution in [0, 0.1) is 0 Å². The average Bonchev–Trinajstić information content (AvgIpc) is 3.38. The zero-order valence-corrected chi connectivity index (χ0v) is 48.7. The minimum Gasteiger partial charge on any atom is -0.466 e. The predicted octanol–water partition coefficient (Wildman–Crippen LogP) is 20.6. The van der Waals surface area contributed by atoms with E-state index >= 15 is 0 Å². The summed E-state index contributed by atoms with van der Waals surface area (Å²) in [5, 5.41) is 23.1. The van der Waals surface area contributed by atoms with Gasteiger partial charge in [-0.05, 0) is 57.8 Å². The lowest BCUT2D eigenvalue weighted by molar-refractivity contribution is -0.143. The zero-order valence-electron chi connectivity index (χ0n) is 48.7. The monoisotopic (exact) mass is 1010 g/mol. The molecule has 0 saturated heterocycles. The zero-order chi connectivity index (χ0) is 52.2. The van der Waals surface area contributed by atoms with Crippen molar-refractivity contribution in [2.45, 2.75) is 373 Å². The van der Waals surface area contributed by atoms with Crippen LogP contribution >= 0.6 is 0 Å². The normalized spacial score (nSPS) is 12.7. The predicted molar refractivity (Wildman–Crippen MR) is 315 cm³/mol. The van der Waals surface area contributed by atoms with Crippen molar-refractivity contribution < 1.29 is 24.5 Å². The lowest BCUT2D eigenvalue weighted by atomic mass is 10.0. The molecule has 2 unspecified atom stereocenters. The van der Waals surface area contributed by atoms with Crippen LogP contribution in [0.25, 0.3) is 0 Å². The first kappa shape index (κ1) is 70.3. The first-order valence-electron chi connectivity index (χ1n) is 32.6. The van der Waals surface area contributed by atoms with Gasteiger partial charge in [0.05, 0.1) is 25.4 Å². The fraction of sp³-hybridized carbons (Fsp3) is 0.909. The van der Waals surface area contributed by atoms with Crippen LogP contribution < -0.4 is 5.32 Å². The molecule has 0 aromatic heterocycles. The number of carbonyl (C=O) groups excluding carboxylic acids is 2. The van der Waals surface area contributed by atoms with Gasteiger partial charge in [0.1, 0.15) is 0 Å². The Morgan fingerprint density at radius 1 is 0.375 bits per heavy atom. The van der Waals surface area contributed by atoms with Crippen molar-refractivity contribution in [3.8, 4) is 0 Å². The summed E-state index contributed by atoms with van der Waals surface area (Å²) < 4.78 is 5.50. The van der Waals surface area contributed by atoms with Crippen LogP contribution in [0.5, 0.6) is 0 Å². The number of hydrogen-bond donors (Lipinski definition) is 3. The molecule has 0 fully saturated rings. The molecule has 0 spiro atoms. The van der Waals surface area contributed by atoms with Gasteiger partial charge in [-0.25, -0.2) is 0 Å². The Kier molecular flexibility index (Phi) is 60.5. The molecule has 0 radical (unpaired) electrons. The van der Waals surface area contributed by atoms with Crippen molar-refractivity contribution in [1.29, 1.82) is 0 Å². The molecule has 426 valence electrons. The van der Waals surface area contributed by atoms with Gasteiger partial charge in [0, 0.05) is 12.8 Å². The lowest BCUT2D eigenvalue weighted by Gasteiger charge is -2.20. The van der Waals surface area contributed by atoms with Crippen LogP contribution in [0.1, 0.15) is 361 Å². The van der Waals surface area contributed by atoms with Crippen molar-refractivity contribution in [1.82, 2.24) is 5.32 Å². The highest BCUT2D eigenvalue weighted by atomic mass is 16.5. The van der Waals surface area contributed by atoms with Crippen molar-refractivity contribution in [2.75, 3.05) is 13.2 Å². The summed E-state index contributed by atoms with van der Waals surface area (Å²) in [7, 11) is 0. The van der Waals surface area contributed by atoms with E-state index in [1.54, 1.807) is 6.08 Å². The van der Waals surface area contributed by atoms with Gasteiger partial charge in [0.15, 0.2) is 0 Å². The van der Waals surface area contributed by atoms with Gasteiger partial charge >= 0.3 is 5.97 Å². The summed E-state index contributed by atoms with van der Waals surface area (Å²) in [5.41, 5.74) is 0. The Hall–Kier alpha value is -1.66. The third kappa shape index (κ3) is 57.6. The Bertz CT molecular complexity index is 1120. The van der Waals surface area contributed by atoms with E-state index in [1.165, 1.54) is 289 Å². The summed E-state index contributed by atoms with van der Waals surface area (Å²) in [6.07, 6.45) is 76.6. The average molecular weight is 1010 g/mol. The minimum absolute atomic E-state index is 0.0139. The molecule has 0 aliphatic carbocycles. The standard InChI is InChI=1S/C66H127NO5/c1-3-5-7-9-11-13-15-17-18-19-25-29-32-36-40-44-48-52-56-60-66(71)72-61-57-53-49-45-41-37-33-30-27-24-22-20-21-23-26-28-31-35-39-43-47-51-55-59-65(70)67-63(62-68)64(69)58-54-50-46-42-38-34-16-14-12-10-8-6-4-2/h17-18,54,58,63-64,68-69H,3-16,19-53,55-57,59-62H2,1-2H3,(H,67,70)/b18-17-,58-54+. The van der Waals surface area contributed by atoms with Crippen LogP contribution in [-0.4, -0.2) is 47.4 Å². The Morgan fingerprint density at radius 3 is 0.986 bits per heavy atom. The molecule has 0 bridgehead atoms. The number of unbranched alkanes of at least 4 members (excludes halogenated alkanes) is 48. The molecule has 0 aromatic carbocycles. The van der Waals surface area contributed by atoms with E-state index in [0.29, 0.717) is 19.4 Å². The van der Waals surface area contributed by atoms with Gasteiger partial charge in [0.2, 0.25) is 5.91 Å². The van der Waals surface area contributed by atoms with Gasteiger partial charge in [-0.1, -0.05) is 314 Å². The summed E-state index contributed by atoms with van der Waals surface area (Å²) in [5.74, 6) is -0.0524. The maximum Gasteiger partial charge on any atom is 0.305 e. The second-order valence-electron chi connectivity index (χ2n) is 22.5. The number of rotatable bonds is 61. The summed E-state index contributed by atoms with van der Waals surface area (Å²) >= 11 is 0. The molecule has 72 heavy (non-hydrogen) atoms. The van der Waals surface area contributed by atoms with Crippen LogP contribution in [0.15, 0.2) is 24.3 Å². The maximum absolute atomic E-state index is 12.5. The molecular weight excluding hydrogens is 887 g/mol. The molecular formula is C66H127NO5. The first-order chi connectivity index (χ1) is 35.5. The SMILES string of the molecule is CCCCCCCC/C=C\CCCCCCCCCCCC(=O)OCCCCCCCCCCCCCCCCCCCCCCCCCC(=O)NC(CO)C(O)/C=C/CCCCCCCCCCCCC. The molecule has 0 aliphatic heterocycles. The van der Waals surface area contributed by atoms with Gasteiger partial charge in [0.25, 0.3) is 0 Å². The first-order valence-corrected chi connectivity index (χ1v) is 32.6. The number of amides is 1. The summed E-state index contributed by atoms with van der Waals surface area (Å²) in [6, 6.07) is -0.626. The van der Waals surface area contributed by atoms with E-state index in [2.05, 4.69) is 31.3 Å². The topological polar surface area (TPSA) is 95.9 Å². The smallest absolute Gasteiger partial charge is 0.305 e. The molecule has 0 heterocycles. The number of hydrogen-bond acceptors (Lipinski definition) is 5. The number of carbonyl (C=O) groups is 2. The molecule has 2 atom stereocenters. The maximum atomic E-state index is 12.5. The van der Waals surface area contributed by atoms with E-state index in [4.69, 9.17) is 4.74 Å². The highest BCUT2D eigenvalue weighted by molar-refractivity contribution is 5.76. The highest BCUT2D eigenvalue weighted by Gasteiger charge is 2.18. The van der Waals surface area contributed by atoms with Crippen molar-refractivity contribution in [2.24, 2.45) is 0 Å². The van der Waals surface area contributed by atoms with Gasteiger partial charge in [-0.15, -0.1) is 0 Å². The Labute approximate surface area is 450 Å². The second kappa shape index (κ2) is 61.9. The molecule has 6 heteroatoms. The number of esters is 1. The number of aliphatic hydroxyl groups excluding tert-OH is 2. The van der Waals surface area contributed by atoms with Gasteiger partial charge in [-0.2, -0.15) is 0 Å². The van der Waals surface area contributed by atoms with Crippen LogP contribution in [-0.2, 0) is 14.3 Å². The van der Waals surface area contributed by atoms with Gasteiger partial charge in [-0.3, -0.25) is 9.59 Å². The Morgan fingerprint density at radius 2 is 0.653 bits per heavy atom. The molecule has 3 N–H and O–H groups in total. The second-order valence-corrected chi connectivity index (χ2v) is 22.5. The number of aliphatic hydroxyl groups is 2. The third-order valence-corrected chi connectivity index (χ3v) is 15.2. The fourth-order valence-electron chi connectivity index (χ4n) is 10.2. The van der Waals surface area contributed by atoms with E-state index in [1.807, 2.05) is 6.08 Å². The molecule has 0 aliphatic rings. The van der Waals surface area contributed by atoms with Crippen molar-refractivity contribution in [3.63, 3.8) is 0 Å². The molecule has 0 rings (SSSR count). The number of nitrogens with one attached hydrogen (secondary N) is 1. The molecule has 6 nitrogen and oxygen atoms in total. The quantitative estimate of drug-likeness (QED) is 0.0320. The van der Waals surface area contributed by atoms with Gasteiger partial charge < -0.3 is 20.3 Å². The highest BCUT2D eigenvalue weighted by Crippen LogP contribution is 2.18. The summed E-state index contributed by atoms with van der Waals surface area (Å²) in [6.45, 7) is 4.92. The van der Waals surface area contributed by atoms with Crippen molar-refractivity contribution in [3.05, 3.63) is 24.3 Å². The molecule has 0 saturated carbocycles. The van der Waals surface area contributed by atoms with E-state index < -0.39 is 12.1 Å². The molecule has 0 aromatic rings. The largest absolute Gasteiger partial charge is 0.466 e. The van der Waals surface area contributed by atoms with E-state index in [9.17, 15) is 19.8 Å². The number of ether oxygens (including phenoxy) is 1. The minimum atomic E-state index is -0.843. The van der Waals surface area contributed by atoms with Crippen LogP contribution in [0.2, 0.25) is 0 Å². The lowest BCUT2D eigenvalue weighted by Crippen LogP contribution is -2.45. The van der Waals surface area contributed by atoms with E-state index in [0.717, 1.165) is 44.9 Å². The third-order valence-electron chi connectivity index (χ3n) is 15.2. The van der Waals surface area contributed by atoms with E-state index in [-0.39, 0.29) is 18.5 Å². The summed E-state index contributed by atoms with van der Waals surface area (Å²) in [4.78, 5) is 24.6. The van der Waals surface area contributed by atoms with Crippen LogP contribution in [0.4, 0.5) is 0 Å². The van der Waals surface area contributed by atoms with Crippen LogP contribution in [0.3, 0.4) is 0 Å². The number of allylic oxidation sites excluding steroid dienone is 3. The fourth-order valence-corrected chi connectivity index (χ4v) is 10.2. The Balaban J connectivity index is 3.36.